The Morgan fingerprint density at radius 2 is 2.00 bits per heavy atom. The Morgan fingerprint density at radius 3 is 2.63 bits per heavy atom. The molecule has 0 aliphatic carbocycles. The third-order valence-electron chi connectivity index (χ3n) is 4.89. The van der Waals surface area contributed by atoms with Gasteiger partial charge in [0.25, 0.3) is 11.7 Å². The molecule has 3 heterocycles. The first-order valence-electron chi connectivity index (χ1n) is 9.06. The number of carbonyl (C=O) groups excluding carboxylic acids is 2. The Kier molecular flexibility index (Phi) is 5.05. The number of halogens is 1. The van der Waals surface area contributed by atoms with Gasteiger partial charge in [0.05, 0.1) is 31.5 Å². The minimum absolute atomic E-state index is 0.00416. The fraction of sp³-hybridized carbons (Fsp3) is 0.136. The molecule has 0 spiro atoms. The van der Waals surface area contributed by atoms with E-state index >= 15 is 0 Å². The number of ether oxygens (including phenoxy) is 1. The highest BCUT2D eigenvalue weighted by Gasteiger charge is 2.46. The molecule has 2 aromatic heterocycles. The molecule has 1 aliphatic rings. The van der Waals surface area contributed by atoms with E-state index in [-0.39, 0.29) is 23.4 Å². The molecule has 1 saturated heterocycles. The summed E-state index contributed by atoms with van der Waals surface area (Å²) in [6.45, 7) is 0.0261. The maximum atomic E-state index is 14.2. The summed E-state index contributed by atoms with van der Waals surface area (Å²) in [5, 5.41) is 10.9. The van der Waals surface area contributed by atoms with Crippen molar-refractivity contribution in [2.75, 3.05) is 7.11 Å². The van der Waals surface area contributed by atoms with E-state index in [1.807, 2.05) is 0 Å². The van der Waals surface area contributed by atoms with E-state index < -0.39 is 29.3 Å². The van der Waals surface area contributed by atoms with Gasteiger partial charge in [0.15, 0.2) is 11.6 Å². The van der Waals surface area contributed by atoms with Crippen molar-refractivity contribution in [3.8, 4) is 5.75 Å². The fourth-order valence-corrected chi connectivity index (χ4v) is 3.47. The first-order valence-corrected chi connectivity index (χ1v) is 9.06. The number of Topliss-reactive ketones (excluding diaryl/α,β-unsaturated/α-hetero) is 1. The monoisotopic (exact) mass is 408 g/mol. The predicted octanol–water partition coefficient (Wildman–Crippen LogP) is 3.44. The van der Waals surface area contributed by atoms with Crippen LogP contribution < -0.4 is 4.74 Å². The average Bonchev–Trinajstić information content (AvgIpc) is 3.36. The van der Waals surface area contributed by atoms with Gasteiger partial charge in [-0.15, -0.1) is 0 Å². The van der Waals surface area contributed by atoms with E-state index in [9.17, 15) is 19.1 Å². The standard InChI is InChI=1S/C22H17FN2O5/c1-29-17-5-4-14(11-16(17)23)20(26)18-19(13-6-8-24-9-7-13)25(22(28)21(18)27)12-15-3-2-10-30-15/h2-11,19,26H,12H2,1H3. The zero-order valence-corrected chi connectivity index (χ0v) is 15.9. The number of hydrogen-bond acceptors (Lipinski definition) is 6. The molecule has 0 saturated carbocycles. The summed E-state index contributed by atoms with van der Waals surface area (Å²) in [5.74, 6) is -2.35. The molecule has 30 heavy (non-hydrogen) atoms. The first kappa shape index (κ1) is 19.4. The van der Waals surface area contributed by atoms with Crippen LogP contribution in [0.1, 0.15) is 22.9 Å². The molecule has 0 bridgehead atoms. The molecule has 152 valence electrons. The number of rotatable bonds is 5. The summed E-state index contributed by atoms with van der Waals surface area (Å²) < 4.78 is 24.4. The van der Waals surface area contributed by atoms with E-state index in [0.717, 1.165) is 6.07 Å². The van der Waals surface area contributed by atoms with Gasteiger partial charge in [-0.2, -0.15) is 0 Å². The number of carbonyl (C=O) groups is 2. The number of hydrogen-bond donors (Lipinski definition) is 1. The van der Waals surface area contributed by atoms with Crippen LogP contribution >= 0.6 is 0 Å². The maximum Gasteiger partial charge on any atom is 0.296 e. The average molecular weight is 408 g/mol. The molecule has 1 amide bonds. The highest BCUT2D eigenvalue weighted by atomic mass is 19.1. The van der Waals surface area contributed by atoms with Crippen molar-refractivity contribution >= 4 is 17.4 Å². The zero-order valence-electron chi connectivity index (χ0n) is 15.9. The van der Waals surface area contributed by atoms with Crippen molar-refractivity contribution < 1.29 is 28.2 Å². The first-order chi connectivity index (χ1) is 14.5. The van der Waals surface area contributed by atoms with Gasteiger partial charge in [-0.3, -0.25) is 14.6 Å². The Bertz CT molecular complexity index is 1130. The number of pyridine rings is 1. The number of ketones is 1. The minimum Gasteiger partial charge on any atom is -0.507 e. The Morgan fingerprint density at radius 1 is 1.23 bits per heavy atom. The number of aromatic nitrogens is 1. The largest absolute Gasteiger partial charge is 0.507 e. The summed E-state index contributed by atoms with van der Waals surface area (Å²) in [6.07, 6.45) is 4.51. The third-order valence-corrected chi connectivity index (χ3v) is 4.89. The van der Waals surface area contributed by atoms with E-state index in [0.29, 0.717) is 11.3 Å². The summed E-state index contributed by atoms with van der Waals surface area (Å²) in [7, 11) is 1.32. The second-order valence-electron chi connectivity index (χ2n) is 6.64. The molecule has 3 aromatic rings. The van der Waals surface area contributed by atoms with Crippen molar-refractivity contribution in [2.24, 2.45) is 0 Å². The third kappa shape index (κ3) is 3.32. The van der Waals surface area contributed by atoms with Gasteiger partial charge in [0.2, 0.25) is 0 Å². The van der Waals surface area contributed by atoms with Gasteiger partial charge in [-0.05, 0) is 48.0 Å². The molecule has 1 N–H and O–H groups in total. The predicted molar refractivity (Wildman–Crippen MR) is 104 cm³/mol. The van der Waals surface area contributed by atoms with Crippen LogP contribution in [0.4, 0.5) is 4.39 Å². The summed E-state index contributed by atoms with van der Waals surface area (Å²) in [4.78, 5) is 31.0. The Balaban J connectivity index is 1.85. The number of nitrogens with zero attached hydrogens (tertiary/aromatic N) is 2. The lowest BCUT2D eigenvalue weighted by Crippen LogP contribution is -2.29. The smallest absolute Gasteiger partial charge is 0.296 e. The van der Waals surface area contributed by atoms with E-state index in [2.05, 4.69) is 4.98 Å². The van der Waals surface area contributed by atoms with Gasteiger partial charge in [0.1, 0.15) is 11.5 Å². The van der Waals surface area contributed by atoms with Crippen LogP contribution in [-0.2, 0) is 16.1 Å². The molecular weight excluding hydrogens is 391 g/mol. The Labute approximate surface area is 171 Å². The van der Waals surface area contributed by atoms with Crippen molar-refractivity contribution in [1.82, 2.24) is 9.88 Å². The number of aliphatic hydroxyl groups excluding tert-OH is 1. The molecule has 4 rings (SSSR count). The van der Waals surface area contributed by atoms with Crippen LogP contribution in [-0.4, -0.2) is 33.8 Å². The SMILES string of the molecule is COc1ccc(C(O)=C2C(=O)C(=O)N(Cc3ccco3)C2c2ccncc2)cc1F. The second kappa shape index (κ2) is 7.82. The highest BCUT2D eigenvalue weighted by molar-refractivity contribution is 6.46. The number of likely N-dealkylation sites (tertiary alicyclic amines) is 1. The zero-order chi connectivity index (χ0) is 21.3. The van der Waals surface area contributed by atoms with Crippen molar-refractivity contribution in [3.05, 3.63) is 89.4 Å². The summed E-state index contributed by atoms with van der Waals surface area (Å²) in [6, 6.07) is 9.57. The van der Waals surface area contributed by atoms with Crippen molar-refractivity contribution in [2.45, 2.75) is 12.6 Å². The molecule has 1 atom stereocenters. The van der Waals surface area contributed by atoms with Crippen LogP contribution in [0.2, 0.25) is 0 Å². The lowest BCUT2D eigenvalue weighted by atomic mass is 9.96. The fourth-order valence-electron chi connectivity index (χ4n) is 3.47. The molecule has 7 nitrogen and oxygen atoms in total. The van der Waals surface area contributed by atoms with Gasteiger partial charge in [0, 0.05) is 18.0 Å². The second-order valence-corrected chi connectivity index (χ2v) is 6.64. The lowest BCUT2D eigenvalue weighted by Gasteiger charge is -2.24. The topological polar surface area (TPSA) is 92.9 Å². The van der Waals surface area contributed by atoms with E-state index in [1.54, 1.807) is 24.3 Å². The summed E-state index contributed by atoms with van der Waals surface area (Å²) in [5.41, 5.74) is 0.497. The molecule has 0 radical (unpaired) electrons. The van der Waals surface area contributed by atoms with E-state index in [4.69, 9.17) is 9.15 Å². The Hall–Kier alpha value is -3.94. The van der Waals surface area contributed by atoms with Crippen LogP contribution in [0.5, 0.6) is 5.75 Å². The van der Waals surface area contributed by atoms with Gasteiger partial charge in [-0.25, -0.2) is 4.39 Å². The minimum atomic E-state index is -0.886. The van der Waals surface area contributed by atoms with Crippen LogP contribution in [0, 0.1) is 5.82 Å². The van der Waals surface area contributed by atoms with Crippen LogP contribution in [0.25, 0.3) is 5.76 Å². The number of amides is 1. The molecule has 1 fully saturated rings. The summed E-state index contributed by atoms with van der Waals surface area (Å²) >= 11 is 0. The molecular formula is C22H17FN2O5. The molecule has 8 heteroatoms. The van der Waals surface area contributed by atoms with Crippen LogP contribution in [0.15, 0.2) is 71.1 Å². The van der Waals surface area contributed by atoms with Crippen molar-refractivity contribution in [1.29, 1.82) is 0 Å². The number of furan rings is 1. The van der Waals surface area contributed by atoms with Gasteiger partial charge < -0.3 is 19.2 Å². The normalized spacial score (nSPS) is 18.1. The molecule has 1 aliphatic heterocycles. The van der Waals surface area contributed by atoms with Gasteiger partial charge in [-0.1, -0.05) is 0 Å². The number of benzene rings is 1. The number of aliphatic hydroxyl groups is 1. The van der Waals surface area contributed by atoms with Crippen LogP contribution in [0.3, 0.4) is 0 Å². The number of methoxy groups -OCH3 is 1. The molecule has 1 unspecified atom stereocenters. The lowest BCUT2D eigenvalue weighted by molar-refractivity contribution is -0.140. The van der Waals surface area contributed by atoms with E-state index in [1.165, 1.54) is 42.8 Å². The maximum absolute atomic E-state index is 14.2. The van der Waals surface area contributed by atoms with Crippen molar-refractivity contribution in [3.63, 3.8) is 0 Å². The molecule has 1 aromatic carbocycles. The van der Waals surface area contributed by atoms with Gasteiger partial charge >= 0.3 is 0 Å². The quantitative estimate of drug-likeness (QED) is 0.395. The highest BCUT2D eigenvalue weighted by Crippen LogP contribution is 2.40.